The van der Waals surface area contributed by atoms with Crippen molar-refractivity contribution in [2.45, 2.75) is 11.8 Å². The minimum atomic E-state index is -3.97. The summed E-state index contributed by atoms with van der Waals surface area (Å²) in [6.45, 7) is 1.37. The lowest BCUT2D eigenvalue weighted by Crippen LogP contribution is -2.21. The van der Waals surface area contributed by atoms with E-state index in [-0.39, 0.29) is 16.2 Å². The number of allylic oxidation sites excluding steroid dienone is 1. The highest BCUT2D eigenvalue weighted by Gasteiger charge is 2.22. The number of amides is 1. The van der Waals surface area contributed by atoms with Gasteiger partial charge >= 0.3 is 10.3 Å². The summed E-state index contributed by atoms with van der Waals surface area (Å²) in [5, 5.41) is 32.2. The van der Waals surface area contributed by atoms with Crippen molar-refractivity contribution in [3.05, 3.63) is 77.1 Å². The average molecular weight is 490 g/mol. The molecule has 1 amide bonds. The van der Waals surface area contributed by atoms with E-state index in [1.54, 1.807) is 36.4 Å². The van der Waals surface area contributed by atoms with E-state index in [0.29, 0.717) is 11.1 Å². The van der Waals surface area contributed by atoms with Crippen LogP contribution in [-0.4, -0.2) is 40.4 Å². The highest BCUT2D eigenvalue weighted by atomic mass is 32.2. The number of sulfonamides is 1. The molecule has 12 nitrogen and oxygen atoms in total. The van der Waals surface area contributed by atoms with E-state index in [2.05, 4.69) is 18.0 Å². The summed E-state index contributed by atoms with van der Waals surface area (Å²) in [7, 11) is -7.65. The molecule has 3 aliphatic heterocycles. The molecule has 3 heterocycles. The second kappa shape index (κ2) is 8.84. The zero-order valence-corrected chi connectivity index (χ0v) is 18.2. The molecular weight excluding hydrogens is 478 g/mol. The van der Waals surface area contributed by atoms with Crippen molar-refractivity contribution in [3.63, 3.8) is 0 Å². The van der Waals surface area contributed by atoms with E-state index in [1.807, 2.05) is 0 Å². The fourth-order valence-corrected chi connectivity index (χ4v) is 4.45. The summed E-state index contributed by atoms with van der Waals surface area (Å²) in [6, 6.07) is 12.6. The first-order chi connectivity index (χ1) is 15.4. The Kier molecular flexibility index (Phi) is 6.32. The van der Waals surface area contributed by atoms with Crippen LogP contribution >= 0.6 is 0 Å². The Balaban J connectivity index is 0.000000140. The van der Waals surface area contributed by atoms with Gasteiger partial charge in [-0.1, -0.05) is 36.4 Å². The lowest BCUT2D eigenvalue weighted by Gasteiger charge is -2.12. The predicted molar refractivity (Wildman–Crippen MR) is 109 cm³/mol. The number of rotatable bonds is 0. The highest BCUT2D eigenvalue weighted by molar-refractivity contribution is 7.90. The first kappa shape index (κ1) is 23.6. The van der Waals surface area contributed by atoms with E-state index < -0.39 is 43.9 Å². The maximum Gasteiger partial charge on any atom is 0.427 e. The van der Waals surface area contributed by atoms with Crippen LogP contribution < -0.4 is 15.3 Å². The minimum Gasteiger partial charge on any atom is -0.858 e. The van der Waals surface area contributed by atoms with E-state index in [9.17, 15) is 36.9 Å². The van der Waals surface area contributed by atoms with Crippen molar-refractivity contribution in [1.82, 2.24) is 0 Å². The standard InChI is InChI=1S/C8H5NO2.C7H5NO3S.C4H5NO4S/c10-7-5-3-1-2-4-6(5)8(11)9-7;9-7-5-3-1-2-4-6(5)12(10,11)8-7;1-3-2-4(6)5-10(7,8)9-3/h1-4H,(H,9,10,11);1-4H,(H,8,9);2H,1H3,(H,5,6)/p-3. The van der Waals surface area contributed by atoms with Crippen molar-refractivity contribution >= 4 is 43.9 Å². The topological polar surface area (TPSA) is 201 Å². The Labute approximate surface area is 187 Å². The van der Waals surface area contributed by atoms with Gasteiger partial charge < -0.3 is 19.5 Å². The van der Waals surface area contributed by atoms with Crippen LogP contribution in [0.4, 0.5) is 0 Å². The predicted octanol–water partition coefficient (Wildman–Crippen LogP) is -1.63. The smallest absolute Gasteiger partial charge is 0.427 e. The van der Waals surface area contributed by atoms with Crippen molar-refractivity contribution in [2.75, 3.05) is 0 Å². The monoisotopic (exact) mass is 490 g/mol. The molecule has 0 saturated heterocycles. The molecule has 172 valence electrons. The van der Waals surface area contributed by atoms with Gasteiger partial charge in [-0.05, 0) is 36.6 Å². The fraction of sp³-hybridized carbons (Fsp3) is 0.0526. The number of nitrogens with zero attached hydrogens (tertiary/aromatic N) is 3. The van der Waals surface area contributed by atoms with Gasteiger partial charge in [-0.15, -0.1) is 4.40 Å². The molecule has 33 heavy (non-hydrogen) atoms. The quantitative estimate of drug-likeness (QED) is 0.415. The van der Waals surface area contributed by atoms with Crippen LogP contribution in [0, 0.1) is 0 Å². The fourth-order valence-electron chi connectivity index (χ4n) is 2.66. The van der Waals surface area contributed by atoms with Gasteiger partial charge in [0.15, 0.2) is 0 Å². The summed E-state index contributed by atoms with van der Waals surface area (Å²) < 4.78 is 52.9. The molecule has 0 saturated carbocycles. The molecule has 0 N–H and O–H groups in total. The Morgan fingerprint density at radius 2 is 1.36 bits per heavy atom. The number of hydrogen-bond donors (Lipinski definition) is 0. The molecule has 0 fully saturated rings. The van der Waals surface area contributed by atoms with Gasteiger partial charge in [0.25, 0.3) is 15.9 Å². The van der Waals surface area contributed by atoms with Gasteiger partial charge in [-0.3, -0.25) is 4.79 Å². The Morgan fingerprint density at radius 1 is 0.788 bits per heavy atom. The second-order valence-corrected chi connectivity index (χ2v) is 9.11. The van der Waals surface area contributed by atoms with Crippen LogP contribution in [0.15, 0.2) is 79.0 Å². The molecule has 2 aromatic carbocycles. The van der Waals surface area contributed by atoms with Crippen LogP contribution in [0.3, 0.4) is 0 Å². The highest BCUT2D eigenvalue weighted by Crippen LogP contribution is 2.23. The average Bonchev–Trinajstić information content (AvgIpc) is 3.13. The number of benzene rings is 2. The van der Waals surface area contributed by atoms with Crippen LogP contribution in [0.5, 0.6) is 0 Å². The molecule has 0 radical (unpaired) electrons. The Morgan fingerprint density at radius 3 is 1.91 bits per heavy atom. The summed E-state index contributed by atoms with van der Waals surface area (Å²) in [5.74, 6) is -2.29. The minimum absolute atomic E-state index is 0.00926. The van der Waals surface area contributed by atoms with E-state index in [0.717, 1.165) is 6.08 Å². The van der Waals surface area contributed by atoms with Crippen LogP contribution in [0.1, 0.15) is 28.4 Å². The summed E-state index contributed by atoms with van der Waals surface area (Å²) in [5.41, 5.74) is 0.993. The molecule has 0 spiro atoms. The maximum atomic E-state index is 11.1. The number of carbonyl (C=O) groups excluding carboxylic acids is 1. The molecule has 14 heteroatoms. The van der Waals surface area contributed by atoms with Crippen molar-refractivity contribution in [1.29, 1.82) is 0 Å². The van der Waals surface area contributed by atoms with E-state index in [4.69, 9.17) is 0 Å². The first-order valence-corrected chi connectivity index (χ1v) is 11.6. The zero-order valence-electron chi connectivity index (χ0n) is 16.5. The molecule has 2 aromatic rings. The lowest BCUT2D eigenvalue weighted by atomic mass is 10.1. The molecule has 5 rings (SSSR count). The normalized spacial score (nSPS) is 18.4. The number of fused-ring (bicyclic) bond motifs is 2. The number of hydrogen-bond acceptors (Lipinski definition) is 9. The Bertz CT molecular complexity index is 1470. The third kappa shape index (κ3) is 5.42. The maximum absolute atomic E-state index is 11.1. The molecule has 0 bridgehead atoms. The van der Waals surface area contributed by atoms with Crippen LogP contribution in [0.2, 0.25) is 0 Å². The first-order valence-electron chi connectivity index (χ1n) is 8.80. The van der Waals surface area contributed by atoms with Gasteiger partial charge in [-0.25, -0.2) is 4.99 Å². The number of aliphatic imine (C=N–C) groups is 1. The number of carbonyl (C=O) groups is 1. The third-order valence-corrected chi connectivity index (χ3v) is 6.15. The van der Waals surface area contributed by atoms with E-state index in [1.165, 1.54) is 19.1 Å². The lowest BCUT2D eigenvalue weighted by molar-refractivity contribution is -0.212. The van der Waals surface area contributed by atoms with Gasteiger partial charge in [0.1, 0.15) is 5.76 Å². The second-order valence-electron chi connectivity index (χ2n) is 6.33. The van der Waals surface area contributed by atoms with E-state index >= 15 is 0 Å². The van der Waals surface area contributed by atoms with Crippen LogP contribution in [0.25, 0.3) is 0 Å². The Hall–Kier alpha value is -4.04. The summed E-state index contributed by atoms with van der Waals surface area (Å²) in [4.78, 5) is 14.2. The van der Waals surface area contributed by atoms with Gasteiger partial charge in [-0.2, -0.15) is 21.2 Å². The molecular formula is C19H12N3O9S2-3. The molecule has 0 atom stereocenters. The SMILES string of the molecule is CC1=CC([O-])=NS(=O)(=O)O1.O=C1N=C([O-])c2ccccc21.O=S1(=O)N=C([O-])c2ccccc21. The third-order valence-electron chi connectivity index (χ3n) is 3.95. The van der Waals surface area contributed by atoms with Crippen molar-refractivity contribution < 1.29 is 41.1 Å². The van der Waals surface area contributed by atoms with Crippen molar-refractivity contribution in [3.8, 4) is 0 Å². The molecule has 3 aliphatic rings. The summed E-state index contributed by atoms with van der Waals surface area (Å²) in [6.07, 6.45) is 1.00. The van der Waals surface area contributed by atoms with Gasteiger partial charge in [0.2, 0.25) is 0 Å². The van der Waals surface area contributed by atoms with Crippen molar-refractivity contribution in [2.24, 2.45) is 13.8 Å². The largest absolute Gasteiger partial charge is 0.858 e. The molecule has 0 aromatic heterocycles. The summed E-state index contributed by atoms with van der Waals surface area (Å²) >= 11 is 0. The van der Waals surface area contributed by atoms with Crippen LogP contribution in [-0.2, 0) is 24.5 Å². The van der Waals surface area contributed by atoms with Gasteiger partial charge in [0.05, 0.1) is 4.90 Å². The zero-order chi connectivity index (χ0) is 24.4. The molecule has 0 aliphatic carbocycles. The molecule has 0 unspecified atom stereocenters. The van der Waals surface area contributed by atoms with Gasteiger partial charge in [0, 0.05) is 22.9 Å².